The van der Waals surface area contributed by atoms with Crippen molar-refractivity contribution in [2.75, 3.05) is 20.8 Å². The number of hydrogen-bond donors (Lipinski definition) is 2. The number of halogens is 2. The molecule has 0 aromatic heterocycles. The summed E-state index contributed by atoms with van der Waals surface area (Å²) in [5, 5.41) is 13.3. The maximum Gasteiger partial charge on any atom is 0.256 e. The normalized spacial score (nSPS) is 11.7. The van der Waals surface area contributed by atoms with E-state index in [1.165, 1.54) is 13.2 Å². The van der Waals surface area contributed by atoms with Crippen molar-refractivity contribution in [2.45, 2.75) is 6.10 Å². The van der Waals surface area contributed by atoms with Gasteiger partial charge >= 0.3 is 0 Å². The fraction of sp³-hybridized carbons (Fsp3) is 0.235. The van der Waals surface area contributed by atoms with E-state index in [-0.39, 0.29) is 27.9 Å². The van der Waals surface area contributed by atoms with Gasteiger partial charge in [0.1, 0.15) is 11.3 Å². The number of hydrogen-bond acceptors (Lipinski definition) is 4. The van der Waals surface area contributed by atoms with Gasteiger partial charge in [0.15, 0.2) is 5.75 Å². The predicted molar refractivity (Wildman–Crippen MR) is 93.3 cm³/mol. The first kappa shape index (κ1) is 18.4. The Labute approximate surface area is 150 Å². The number of carbonyl (C=O) groups excluding carboxylic acids is 1. The van der Waals surface area contributed by atoms with E-state index in [0.29, 0.717) is 11.3 Å². The van der Waals surface area contributed by atoms with Crippen LogP contribution < -0.4 is 14.8 Å². The molecule has 0 saturated heterocycles. The van der Waals surface area contributed by atoms with Crippen LogP contribution in [0.5, 0.6) is 11.5 Å². The Hall–Kier alpha value is -1.95. The topological polar surface area (TPSA) is 67.8 Å². The van der Waals surface area contributed by atoms with Crippen molar-refractivity contribution in [3.63, 3.8) is 0 Å². The molecule has 0 radical (unpaired) electrons. The minimum Gasteiger partial charge on any atom is -0.497 e. The van der Waals surface area contributed by atoms with Gasteiger partial charge in [-0.2, -0.15) is 0 Å². The van der Waals surface area contributed by atoms with Crippen LogP contribution in [0.2, 0.25) is 10.0 Å². The molecule has 7 heteroatoms. The molecule has 0 aliphatic carbocycles. The maximum atomic E-state index is 12.4. The van der Waals surface area contributed by atoms with Crippen LogP contribution in [0.25, 0.3) is 0 Å². The lowest BCUT2D eigenvalue weighted by atomic mass is 10.1. The summed E-state index contributed by atoms with van der Waals surface area (Å²) in [6.45, 7) is -0.00199. The molecular formula is C17H17Cl2NO4. The molecule has 1 amide bonds. The van der Waals surface area contributed by atoms with E-state index >= 15 is 0 Å². The molecule has 0 heterocycles. The van der Waals surface area contributed by atoms with Gasteiger partial charge in [-0.15, -0.1) is 0 Å². The van der Waals surface area contributed by atoms with Gasteiger partial charge < -0.3 is 19.9 Å². The van der Waals surface area contributed by atoms with Gasteiger partial charge in [0.2, 0.25) is 0 Å². The lowest BCUT2D eigenvalue weighted by Gasteiger charge is -2.15. The van der Waals surface area contributed by atoms with Crippen molar-refractivity contribution in [1.29, 1.82) is 0 Å². The molecule has 0 spiro atoms. The summed E-state index contributed by atoms with van der Waals surface area (Å²) in [6.07, 6.45) is -0.895. The van der Waals surface area contributed by atoms with Crippen LogP contribution in [0.4, 0.5) is 0 Å². The van der Waals surface area contributed by atoms with Gasteiger partial charge in [-0.25, -0.2) is 0 Å². The highest BCUT2D eigenvalue weighted by atomic mass is 35.5. The molecule has 2 rings (SSSR count). The molecule has 5 nitrogen and oxygen atoms in total. The number of rotatable bonds is 6. The van der Waals surface area contributed by atoms with Crippen LogP contribution in [0.15, 0.2) is 36.4 Å². The third kappa shape index (κ3) is 4.12. The van der Waals surface area contributed by atoms with Crippen molar-refractivity contribution < 1.29 is 19.4 Å². The van der Waals surface area contributed by atoms with Crippen LogP contribution in [0.1, 0.15) is 22.0 Å². The van der Waals surface area contributed by atoms with Gasteiger partial charge in [0.25, 0.3) is 5.91 Å². The quantitative estimate of drug-likeness (QED) is 0.817. The maximum absolute atomic E-state index is 12.4. The number of benzene rings is 2. The molecule has 0 saturated carbocycles. The second-order valence-corrected chi connectivity index (χ2v) is 5.75. The molecule has 2 aromatic rings. The third-order valence-electron chi connectivity index (χ3n) is 3.42. The SMILES string of the molecule is COc1cccc(C(O)CNC(=O)c2c(Cl)ccc(Cl)c2OC)c1. The summed E-state index contributed by atoms with van der Waals surface area (Å²) in [4.78, 5) is 12.4. The fourth-order valence-corrected chi connectivity index (χ4v) is 2.66. The minimum absolute atomic E-state index is 0.00199. The number of nitrogens with one attached hydrogen (secondary N) is 1. The van der Waals surface area contributed by atoms with Gasteiger partial charge in [-0.1, -0.05) is 35.3 Å². The lowest BCUT2D eigenvalue weighted by Crippen LogP contribution is -2.29. The summed E-state index contributed by atoms with van der Waals surface area (Å²) in [5.74, 6) is 0.330. The number of amides is 1. The molecule has 128 valence electrons. The number of aliphatic hydroxyl groups is 1. The molecule has 0 bridgehead atoms. The van der Waals surface area contributed by atoms with Crippen LogP contribution in [0.3, 0.4) is 0 Å². The number of carbonyl (C=O) groups is 1. The highest BCUT2D eigenvalue weighted by Gasteiger charge is 2.20. The Morgan fingerprint density at radius 3 is 2.54 bits per heavy atom. The molecule has 0 aliphatic heterocycles. The van der Waals surface area contributed by atoms with E-state index in [1.54, 1.807) is 37.4 Å². The molecule has 0 fully saturated rings. The third-order valence-corrected chi connectivity index (χ3v) is 4.04. The summed E-state index contributed by atoms with van der Waals surface area (Å²) in [7, 11) is 2.94. The van der Waals surface area contributed by atoms with Crippen LogP contribution >= 0.6 is 23.2 Å². The molecule has 2 N–H and O–H groups in total. The minimum atomic E-state index is -0.895. The van der Waals surface area contributed by atoms with Gasteiger partial charge in [-0.05, 0) is 29.8 Å². The van der Waals surface area contributed by atoms with Gasteiger partial charge in [0, 0.05) is 6.54 Å². The lowest BCUT2D eigenvalue weighted by molar-refractivity contribution is 0.0913. The number of methoxy groups -OCH3 is 2. The van der Waals surface area contributed by atoms with Crippen molar-refractivity contribution >= 4 is 29.1 Å². The van der Waals surface area contributed by atoms with Crippen LogP contribution in [-0.4, -0.2) is 31.8 Å². The molecule has 1 atom stereocenters. The Morgan fingerprint density at radius 1 is 1.17 bits per heavy atom. The second kappa shape index (κ2) is 8.24. The van der Waals surface area contributed by atoms with Gasteiger partial charge in [-0.3, -0.25) is 4.79 Å². The molecule has 1 unspecified atom stereocenters. The summed E-state index contributed by atoms with van der Waals surface area (Å²) >= 11 is 12.1. The van der Waals surface area contributed by atoms with Gasteiger partial charge in [0.05, 0.1) is 30.4 Å². The van der Waals surface area contributed by atoms with E-state index in [0.717, 1.165) is 0 Å². The number of aliphatic hydroxyl groups excluding tert-OH is 1. The molecule has 0 aliphatic rings. The van der Waals surface area contributed by atoms with Crippen molar-refractivity contribution in [3.05, 3.63) is 57.6 Å². The highest BCUT2D eigenvalue weighted by Crippen LogP contribution is 2.33. The van der Waals surface area contributed by atoms with Crippen molar-refractivity contribution in [3.8, 4) is 11.5 Å². The monoisotopic (exact) mass is 369 g/mol. The van der Waals surface area contributed by atoms with E-state index in [2.05, 4.69) is 5.32 Å². The first-order valence-electron chi connectivity index (χ1n) is 7.10. The highest BCUT2D eigenvalue weighted by molar-refractivity contribution is 6.37. The zero-order valence-corrected chi connectivity index (χ0v) is 14.7. The van der Waals surface area contributed by atoms with Crippen LogP contribution in [0, 0.1) is 0 Å². The summed E-state index contributed by atoms with van der Waals surface area (Å²) in [6, 6.07) is 10.0. The van der Waals surface area contributed by atoms with Crippen molar-refractivity contribution in [2.24, 2.45) is 0 Å². The van der Waals surface area contributed by atoms with E-state index in [4.69, 9.17) is 32.7 Å². The largest absolute Gasteiger partial charge is 0.497 e. The second-order valence-electron chi connectivity index (χ2n) is 4.94. The van der Waals surface area contributed by atoms with E-state index < -0.39 is 12.0 Å². The average Bonchev–Trinajstić information content (AvgIpc) is 2.60. The van der Waals surface area contributed by atoms with E-state index in [9.17, 15) is 9.90 Å². The number of ether oxygens (including phenoxy) is 2. The van der Waals surface area contributed by atoms with E-state index in [1.807, 2.05) is 0 Å². The first-order valence-corrected chi connectivity index (χ1v) is 7.85. The summed E-state index contributed by atoms with van der Waals surface area (Å²) in [5.41, 5.74) is 0.753. The average molecular weight is 370 g/mol. The Bertz CT molecular complexity index is 737. The molecule has 2 aromatic carbocycles. The first-order chi connectivity index (χ1) is 11.5. The van der Waals surface area contributed by atoms with Crippen LogP contribution in [-0.2, 0) is 0 Å². The Kier molecular flexibility index (Phi) is 6.31. The molecular weight excluding hydrogens is 353 g/mol. The summed E-state index contributed by atoms with van der Waals surface area (Å²) < 4.78 is 10.3. The standard InChI is InChI=1S/C17H17Cl2NO4/c1-23-11-5-3-4-10(8-11)14(21)9-20-17(22)15-12(18)6-7-13(19)16(15)24-2/h3-8,14,21H,9H2,1-2H3,(H,20,22). The zero-order valence-electron chi connectivity index (χ0n) is 13.2. The predicted octanol–water partition coefficient (Wildman–Crippen LogP) is 3.47. The Balaban J connectivity index is 2.12. The fourth-order valence-electron chi connectivity index (χ4n) is 2.19. The zero-order chi connectivity index (χ0) is 17.7. The van der Waals surface area contributed by atoms with Crippen molar-refractivity contribution in [1.82, 2.24) is 5.32 Å². The molecule has 24 heavy (non-hydrogen) atoms. The Morgan fingerprint density at radius 2 is 1.88 bits per heavy atom. The smallest absolute Gasteiger partial charge is 0.256 e.